The van der Waals surface area contributed by atoms with E-state index in [4.69, 9.17) is 11.5 Å². The molecule has 0 atom stereocenters. The summed E-state index contributed by atoms with van der Waals surface area (Å²) in [6, 6.07) is 3.92. The van der Waals surface area contributed by atoms with E-state index in [1.165, 1.54) is 18.2 Å². The van der Waals surface area contributed by atoms with Gasteiger partial charge in [0, 0.05) is 32.7 Å². The minimum absolute atomic E-state index is 0. The number of hydrogen-bond donors (Lipinski definition) is 1. The van der Waals surface area contributed by atoms with Crippen molar-refractivity contribution >= 4 is 12.3 Å². The smallest absolute Gasteiger partial charge is 0.335 e. The molecule has 3 nitrogen and oxygen atoms in total. The Balaban J connectivity index is 0.00000169. The third-order valence-corrected chi connectivity index (χ3v) is 1.56. The Labute approximate surface area is 106 Å². The molecule has 0 saturated heterocycles. The summed E-state index contributed by atoms with van der Waals surface area (Å²) in [7, 11) is 0. The maximum atomic E-state index is 10.5. The quantitative estimate of drug-likeness (QED) is 0.494. The van der Waals surface area contributed by atoms with E-state index in [-0.39, 0.29) is 43.8 Å². The number of benzene rings is 1. The Morgan fingerprint density at radius 3 is 2.57 bits per heavy atom. The van der Waals surface area contributed by atoms with Crippen molar-refractivity contribution in [2.75, 3.05) is 0 Å². The molecule has 67 valence electrons. The van der Waals surface area contributed by atoms with Gasteiger partial charge in [0.15, 0.2) is 0 Å². The number of carbonyl (C=O) groups excluding carboxylic acids is 1. The Bertz CT molecular complexity index is 404. The van der Waals surface area contributed by atoms with E-state index in [1.807, 2.05) is 5.92 Å². The van der Waals surface area contributed by atoms with Gasteiger partial charge in [-0.1, -0.05) is 17.7 Å². The van der Waals surface area contributed by atoms with Crippen molar-refractivity contribution in [1.29, 1.82) is 0 Å². The van der Waals surface area contributed by atoms with Gasteiger partial charge in [-0.3, -0.25) is 10.7 Å². The molecule has 1 aromatic carbocycles. The molecule has 1 rings (SSSR count). The van der Waals surface area contributed by atoms with Gasteiger partial charge >= 0.3 is 5.97 Å². The van der Waals surface area contributed by atoms with E-state index in [0.29, 0.717) is 11.8 Å². The predicted octanol–water partition coefficient (Wildman–Crippen LogP) is 1.13. The van der Waals surface area contributed by atoms with Crippen LogP contribution in [0, 0.1) is 12.3 Å². The van der Waals surface area contributed by atoms with E-state index < -0.39 is 5.97 Å². The van der Waals surface area contributed by atoms with Crippen LogP contribution in [0.4, 0.5) is 0 Å². The molecule has 0 heterocycles. The Kier molecular flexibility index (Phi) is 5.29. The number of carbonyl (C=O) groups is 2. The minimum atomic E-state index is -1.10. The maximum absolute atomic E-state index is 10.5. The normalized spacial score (nSPS) is 8.21. The standard InChI is InChI=1S/C10H5O3.Y/c1-2-7-3-4-8(10(12)13)5-9(7)6-11;/h3-6H,(H,12,13);/q-1;. The molecule has 0 aromatic heterocycles. The van der Waals surface area contributed by atoms with Crippen molar-refractivity contribution in [3.8, 4) is 5.92 Å². The van der Waals surface area contributed by atoms with Crippen molar-refractivity contribution in [3.05, 3.63) is 41.3 Å². The van der Waals surface area contributed by atoms with Gasteiger partial charge in [-0.2, -0.15) is 0 Å². The first-order chi connectivity index (χ1) is 6.19. The molecule has 0 spiro atoms. The number of hydrogen-bond acceptors (Lipinski definition) is 2. The van der Waals surface area contributed by atoms with Gasteiger partial charge in [0.05, 0.1) is 5.56 Å². The molecule has 0 fully saturated rings. The summed E-state index contributed by atoms with van der Waals surface area (Å²) in [6.45, 7) is 0. The number of rotatable bonds is 2. The molecule has 4 heteroatoms. The van der Waals surface area contributed by atoms with Crippen LogP contribution >= 0.6 is 0 Å². The summed E-state index contributed by atoms with van der Waals surface area (Å²) in [5.41, 5.74) is 0.482. The first kappa shape index (κ1) is 13.0. The largest absolute Gasteiger partial charge is 0.478 e. The van der Waals surface area contributed by atoms with E-state index in [0.717, 1.165) is 0 Å². The third-order valence-electron chi connectivity index (χ3n) is 1.56. The second-order valence-electron chi connectivity index (χ2n) is 2.35. The first-order valence-electron chi connectivity index (χ1n) is 3.44. The molecule has 14 heavy (non-hydrogen) atoms. The van der Waals surface area contributed by atoms with Crippen LogP contribution in [0.2, 0.25) is 0 Å². The van der Waals surface area contributed by atoms with Gasteiger partial charge < -0.3 is 11.5 Å². The van der Waals surface area contributed by atoms with Crippen LogP contribution in [0.1, 0.15) is 26.3 Å². The van der Waals surface area contributed by atoms with Gasteiger partial charge in [0.25, 0.3) is 0 Å². The van der Waals surface area contributed by atoms with E-state index in [2.05, 4.69) is 0 Å². The summed E-state index contributed by atoms with van der Waals surface area (Å²) >= 11 is 0. The summed E-state index contributed by atoms with van der Waals surface area (Å²) < 4.78 is 0. The fourth-order valence-corrected chi connectivity index (χ4v) is 0.907. The van der Waals surface area contributed by atoms with Crippen LogP contribution in [0.3, 0.4) is 0 Å². The van der Waals surface area contributed by atoms with Gasteiger partial charge in [-0.05, 0) is 0 Å². The molecule has 0 saturated carbocycles. The Hall–Kier alpha value is -0.976. The number of aldehydes is 1. The molecular formula is C10H5O3Y-. The number of aromatic carboxylic acids is 1. The maximum Gasteiger partial charge on any atom is 0.335 e. The average molecular weight is 262 g/mol. The van der Waals surface area contributed by atoms with Crippen molar-refractivity contribution in [3.63, 3.8) is 0 Å². The third kappa shape index (κ3) is 2.76. The fourth-order valence-electron chi connectivity index (χ4n) is 0.907. The summed E-state index contributed by atoms with van der Waals surface area (Å²) in [6.07, 6.45) is 7.31. The van der Waals surface area contributed by atoms with Crippen LogP contribution in [0.5, 0.6) is 0 Å². The summed E-state index contributed by atoms with van der Waals surface area (Å²) in [5, 5.41) is 8.59. The van der Waals surface area contributed by atoms with Crippen molar-refractivity contribution in [2.24, 2.45) is 0 Å². The monoisotopic (exact) mass is 262 g/mol. The van der Waals surface area contributed by atoms with Crippen LogP contribution in [0.15, 0.2) is 18.2 Å². The molecule has 1 aromatic rings. The minimum Gasteiger partial charge on any atom is -0.478 e. The molecule has 0 aliphatic rings. The van der Waals surface area contributed by atoms with Gasteiger partial charge in [-0.15, -0.1) is 11.6 Å². The molecule has 0 unspecified atom stereocenters. The molecule has 0 amide bonds. The SMILES string of the molecule is [C-]#Cc1ccc(C(=O)O)cc1C=O.[Y]. The van der Waals surface area contributed by atoms with Crippen LogP contribution < -0.4 is 0 Å². The molecule has 0 bridgehead atoms. The van der Waals surface area contributed by atoms with E-state index >= 15 is 0 Å². The predicted molar refractivity (Wildman–Crippen MR) is 45.0 cm³/mol. The van der Waals surface area contributed by atoms with Crippen LogP contribution in [0.25, 0.3) is 0 Å². The van der Waals surface area contributed by atoms with Gasteiger partial charge in [-0.25, -0.2) is 4.79 Å². The summed E-state index contributed by atoms with van der Waals surface area (Å²) in [4.78, 5) is 20.9. The second kappa shape index (κ2) is 5.69. The van der Waals surface area contributed by atoms with E-state index in [1.54, 1.807) is 0 Å². The topological polar surface area (TPSA) is 54.4 Å². The average Bonchev–Trinajstić information content (AvgIpc) is 2.16. The molecule has 0 aliphatic heterocycles. The molecule has 1 N–H and O–H groups in total. The Morgan fingerprint density at radius 2 is 2.14 bits per heavy atom. The number of carboxylic acids is 1. The zero-order chi connectivity index (χ0) is 9.84. The first-order valence-corrected chi connectivity index (χ1v) is 3.44. The van der Waals surface area contributed by atoms with Crippen molar-refractivity contribution in [2.45, 2.75) is 0 Å². The molecule has 1 radical (unpaired) electrons. The zero-order valence-electron chi connectivity index (χ0n) is 7.15. The van der Waals surface area contributed by atoms with Gasteiger partial charge in [0.2, 0.25) is 0 Å². The number of carboxylic acid groups (broad SMARTS) is 1. The Morgan fingerprint density at radius 1 is 1.50 bits per heavy atom. The fraction of sp³-hybridized carbons (Fsp3) is 0. The van der Waals surface area contributed by atoms with Crippen LogP contribution in [-0.2, 0) is 32.7 Å². The van der Waals surface area contributed by atoms with Crippen LogP contribution in [-0.4, -0.2) is 17.4 Å². The second-order valence-corrected chi connectivity index (χ2v) is 2.35. The van der Waals surface area contributed by atoms with Crippen molar-refractivity contribution < 1.29 is 47.4 Å². The summed E-state index contributed by atoms with van der Waals surface area (Å²) in [5.74, 6) is 0.941. The van der Waals surface area contributed by atoms with Gasteiger partial charge in [0.1, 0.15) is 6.29 Å². The zero-order valence-corrected chi connectivity index (χ0v) is 9.99. The molecular weight excluding hydrogens is 257 g/mol. The van der Waals surface area contributed by atoms with Crippen molar-refractivity contribution in [1.82, 2.24) is 0 Å². The van der Waals surface area contributed by atoms with E-state index in [9.17, 15) is 9.59 Å². The molecule has 0 aliphatic carbocycles.